The Morgan fingerprint density at radius 2 is 1.10 bits per heavy atom. The van der Waals surface area contributed by atoms with Crippen molar-refractivity contribution in [2.75, 3.05) is 5.75 Å². The van der Waals surface area contributed by atoms with Crippen LogP contribution in [0.5, 0.6) is 0 Å². The number of hydrogen-bond donors (Lipinski definition) is 3. The summed E-state index contributed by atoms with van der Waals surface area (Å²) in [4.78, 5) is 23.8. The van der Waals surface area contributed by atoms with Gasteiger partial charge >= 0.3 is 0 Å². The first kappa shape index (κ1) is 21.8. The number of rotatable bonds is 9. The first-order valence-corrected chi connectivity index (χ1v) is 10.6. The van der Waals surface area contributed by atoms with Gasteiger partial charge < -0.3 is 17.2 Å². The molecular formula is C24H25N3O2S. The molecule has 6 heteroatoms. The Kier molecular flexibility index (Phi) is 7.05. The predicted molar refractivity (Wildman–Crippen MR) is 122 cm³/mol. The first-order chi connectivity index (χ1) is 14.5. The van der Waals surface area contributed by atoms with E-state index < -0.39 is 28.5 Å². The fraction of sp³-hybridized carbons (Fsp3) is 0.167. The molecule has 0 heterocycles. The van der Waals surface area contributed by atoms with Crippen molar-refractivity contribution in [2.24, 2.45) is 17.2 Å². The third-order valence-corrected chi connectivity index (χ3v) is 6.66. The summed E-state index contributed by atoms with van der Waals surface area (Å²) in [6, 6.07) is 27.9. The third kappa shape index (κ3) is 4.46. The predicted octanol–water partition coefficient (Wildman–Crippen LogP) is 2.42. The molecule has 3 aromatic carbocycles. The van der Waals surface area contributed by atoms with E-state index in [0.717, 1.165) is 16.7 Å². The number of Topliss-reactive ketones (excluding diaryl/α,β-unsaturated/α-hetero) is 1. The van der Waals surface area contributed by atoms with E-state index in [1.54, 1.807) is 11.8 Å². The van der Waals surface area contributed by atoms with Crippen LogP contribution in [0.2, 0.25) is 0 Å². The van der Waals surface area contributed by atoms with Gasteiger partial charge in [-0.05, 0) is 16.7 Å². The van der Waals surface area contributed by atoms with Gasteiger partial charge in [-0.1, -0.05) is 91.0 Å². The first-order valence-electron chi connectivity index (χ1n) is 9.61. The maximum atomic E-state index is 12.4. The molecule has 0 bridgehead atoms. The van der Waals surface area contributed by atoms with Crippen LogP contribution in [0.1, 0.15) is 16.7 Å². The Labute approximate surface area is 180 Å². The minimum absolute atomic E-state index is 0.262. The quantitative estimate of drug-likeness (QED) is 0.364. The van der Waals surface area contributed by atoms with Crippen LogP contribution in [0.4, 0.5) is 0 Å². The molecule has 0 aliphatic heterocycles. The minimum atomic E-state index is -1.40. The van der Waals surface area contributed by atoms with Crippen molar-refractivity contribution >= 4 is 23.5 Å². The molecule has 0 aliphatic carbocycles. The lowest BCUT2D eigenvalue weighted by atomic mass is 9.84. The van der Waals surface area contributed by atoms with Crippen LogP contribution in [0.15, 0.2) is 91.0 Å². The van der Waals surface area contributed by atoms with Crippen LogP contribution in [0, 0.1) is 0 Å². The fourth-order valence-electron chi connectivity index (χ4n) is 3.44. The van der Waals surface area contributed by atoms with Gasteiger partial charge in [0.2, 0.25) is 5.91 Å². The maximum absolute atomic E-state index is 12.4. The van der Waals surface area contributed by atoms with Crippen LogP contribution in [0.25, 0.3) is 0 Å². The second kappa shape index (κ2) is 9.71. The van der Waals surface area contributed by atoms with Crippen LogP contribution < -0.4 is 17.2 Å². The Bertz CT molecular complexity index is 884. The highest BCUT2D eigenvalue weighted by atomic mass is 32.2. The molecule has 1 amide bonds. The number of primary amides is 1. The van der Waals surface area contributed by atoms with Crippen molar-refractivity contribution < 1.29 is 9.59 Å². The molecule has 1 unspecified atom stereocenters. The summed E-state index contributed by atoms with van der Waals surface area (Å²) in [7, 11) is 0. The van der Waals surface area contributed by atoms with E-state index in [4.69, 9.17) is 17.2 Å². The zero-order valence-electron chi connectivity index (χ0n) is 16.5. The second-order valence-electron chi connectivity index (χ2n) is 6.98. The van der Waals surface area contributed by atoms with E-state index >= 15 is 0 Å². The lowest BCUT2D eigenvalue weighted by Gasteiger charge is -2.36. The van der Waals surface area contributed by atoms with Gasteiger partial charge in [-0.15, -0.1) is 11.8 Å². The Balaban J connectivity index is 2.08. The molecule has 0 fully saturated rings. The van der Waals surface area contributed by atoms with Gasteiger partial charge in [-0.2, -0.15) is 0 Å². The Morgan fingerprint density at radius 3 is 1.43 bits per heavy atom. The van der Waals surface area contributed by atoms with Gasteiger partial charge in [0.15, 0.2) is 5.78 Å². The Hall–Kier alpha value is -2.93. The average molecular weight is 420 g/mol. The second-order valence-corrected chi connectivity index (χ2v) is 8.21. The number of ketones is 1. The number of carbonyl (C=O) groups excluding carboxylic acids is 2. The van der Waals surface area contributed by atoms with Crippen LogP contribution in [0.3, 0.4) is 0 Å². The zero-order valence-corrected chi connectivity index (χ0v) is 17.3. The standard InChI is InChI=1S/C24H25N3O2S/c25-20(22(28)21(26)23(27)29)16-30-24(17-10-4-1-5-11-17,18-12-6-2-7-13-18)19-14-8-3-9-15-19/h1-15,20-21H,16,25-26H2,(H2,27,29)/t20-,21?/m0/s1. The number of amides is 1. The minimum Gasteiger partial charge on any atom is -0.368 e. The molecule has 3 aromatic rings. The molecule has 3 rings (SSSR count). The third-order valence-electron chi connectivity index (χ3n) is 5.00. The van der Waals surface area contributed by atoms with Crippen molar-refractivity contribution in [2.45, 2.75) is 16.8 Å². The van der Waals surface area contributed by atoms with Crippen molar-refractivity contribution in [3.8, 4) is 0 Å². The van der Waals surface area contributed by atoms with Crippen LogP contribution in [-0.4, -0.2) is 29.5 Å². The highest BCUT2D eigenvalue weighted by molar-refractivity contribution is 8.00. The number of benzene rings is 3. The summed E-state index contributed by atoms with van der Waals surface area (Å²) in [5, 5.41) is 0. The summed E-state index contributed by atoms with van der Waals surface area (Å²) in [6.45, 7) is 0. The molecule has 0 radical (unpaired) electrons. The number of carbonyl (C=O) groups is 2. The van der Waals surface area contributed by atoms with E-state index in [2.05, 4.69) is 36.4 Å². The van der Waals surface area contributed by atoms with Crippen molar-refractivity contribution in [3.63, 3.8) is 0 Å². The van der Waals surface area contributed by atoms with Crippen molar-refractivity contribution in [3.05, 3.63) is 108 Å². The molecule has 0 saturated heterocycles. The fourth-order valence-corrected chi connectivity index (χ4v) is 4.94. The largest absolute Gasteiger partial charge is 0.368 e. The molecule has 0 aromatic heterocycles. The zero-order chi connectivity index (χ0) is 21.6. The molecule has 0 saturated carbocycles. The molecule has 30 heavy (non-hydrogen) atoms. The lowest BCUT2D eigenvalue weighted by Crippen LogP contribution is -2.51. The Morgan fingerprint density at radius 1 is 0.733 bits per heavy atom. The number of hydrogen-bond acceptors (Lipinski definition) is 5. The van der Waals surface area contributed by atoms with Crippen molar-refractivity contribution in [1.82, 2.24) is 0 Å². The molecule has 0 aliphatic rings. The number of nitrogens with two attached hydrogens (primary N) is 3. The molecule has 154 valence electrons. The maximum Gasteiger partial charge on any atom is 0.242 e. The van der Waals surface area contributed by atoms with Crippen molar-refractivity contribution in [1.29, 1.82) is 0 Å². The van der Waals surface area contributed by atoms with Gasteiger partial charge in [0.05, 0.1) is 10.8 Å². The van der Waals surface area contributed by atoms with E-state index in [0.29, 0.717) is 0 Å². The molecular weight excluding hydrogens is 394 g/mol. The highest BCUT2D eigenvalue weighted by Crippen LogP contribution is 2.48. The summed E-state index contributed by atoms with van der Waals surface area (Å²) in [5.41, 5.74) is 20.1. The van der Waals surface area contributed by atoms with E-state index in [1.807, 2.05) is 54.6 Å². The normalized spacial score (nSPS) is 13.4. The van der Waals surface area contributed by atoms with Gasteiger partial charge in [0.1, 0.15) is 6.04 Å². The number of thioether (sulfide) groups is 1. The van der Waals surface area contributed by atoms with Crippen LogP contribution in [-0.2, 0) is 14.3 Å². The summed E-state index contributed by atoms with van der Waals surface area (Å²) in [5.74, 6) is -1.17. The topological polar surface area (TPSA) is 112 Å². The monoisotopic (exact) mass is 419 g/mol. The van der Waals surface area contributed by atoms with Gasteiger partial charge in [0, 0.05) is 5.75 Å². The SMILES string of the molecule is NC(=O)C(N)C(=O)[C@@H](N)CSC(c1ccccc1)(c1ccccc1)c1ccccc1. The molecule has 0 spiro atoms. The highest BCUT2D eigenvalue weighted by Gasteiger charge is 2.38. The van der Waals surface area contributed by atoms with E-state index in [-0.39, 0.29) is 5.75 Å². The lowest BCUT2D eigenvalue weighted by molar-refractivity contribution is -0.128. The van der Waals surface area contributed by atoms with Gasteiger partial charge in [-0.3, -0.25) is 9.59 Å². The summed E-state index contributed by atoms with van der Waals surface area (Å²) < 4.78 is -0.599. The molecule has 6 N–H and O–H groups in total. The van der Waals surface area contributed by atoms with E-state index in [9.17, 15) is 9.59 Å². The van der Waals surface area contributed by atoms with Crippen LogP contribution >= 0.6 is 11.8 Å². The molecule has 2 atom stereocenters. The van der Waals surface area contributed by atoms with Gasteiger partial charge in [-0.25, -0.2) is 0 Å². The van der Waals surface area contributed by atoms with E-state index in [1.165, 1.54) is 0 Å². The summed E-state index contributed by atoms with van der Waals surface area (Å²) >= 11 is 1.54. The smallest absolute Gasteiger partial charge is 0.242 e. The summed E-state index contributed by atoms with van der Waals surface area (Å²) in [6.07, 6.45) is 0. The molecule has 5 nitrogen and oxygen atoms in total. The van der Waals surface area contributed by atoms with Gasteiger partial charge in [0.25, 0.3) is 0 Å². The average Bonchev–Trinajstić information content (AvgIpc) is 2.80.